The Labute approximate surface area is 106 Å². The molecule has 0 saturated carbocycles. The first-order valence-corrected chi connectivity index (χ1v) is 5.35. The van der Waals surface area contributed by atoms with Crippen LogP contribution in [0.25, 0.3) is 0 Å². The fraction of sp³-hybridized carbons (Fsp3) is 0.333. The van der Waals surface area contributed by atoms with Gasteiger partial charge in [0.15, 0.2) is 0 Å². The minimum absolute atomic E-state index is 0.219. The van der Waals surface area contributed by atoms with Gasteiger partial charge in [-0.3, -0.25) is 0 Å². The molecule has 0 bridgehead atoms. The quantitative estimate of drug-likeness (QED) is 0.327. The highest BCUT2D eigenvalue weighted by Gasteiger charge is 1.97. The van der Waals surface area contributed by atoms with Gasteiger partial charge in [-0.15, -0.1) is 0 Å². The average molecular weight is 254 g/mol. The highest BCUT2D eigenvalue weighted by Crippen LogP contribution is 1.82. The van der Waals surface area contributed by atoms with Crippen molar-refractivity contribution in [1.82, 2.24) is 10.6 Å². The van der Waals surface area contributed by atoms with E-state index >= 15 is 0 Å². The molecule has 0 saturated heterocycles. The molecule has 0 rings (SSSR count). The van der Waals surface area contributed by atoms with Crippen molar-refractivity contribution in [3.05, 3.63) is 37.7 Å². The summed E-state index contributed by atoms with van der Waals surface area (Å²) < 4.78 is 9.49. The number of hydrogen-bond acceptors (Lipinski definition) is 6. The van der Waals surface area contributed by atoms with E-state index in [1.807, 2.05) is 0 Å². The minimum Gasteiger partial charge on any atom is -0.461 e. The zero-order valence-electron chi connectivity index (χ0n) is 10.2. The van der Waals surface area contributed by atoms with Crippen molar-refractivity contribution in [3.63, 3.8) is 0 Å². The van der Waals surface area contributed by atoms with Gasteiger partial charge in [0.1, 0.15) is 13.2 Å². The molecule has 6 heteroatoms. The summed E-state index contributed by atoms with van der Waals surface area (Å²) in [6.07, 6.45) is 2.20. The lowest BCUT2D eigenvalue weighted by Gasteiger charge is -2.11. The molecule has 0 aromatic rings. The Morgan fingerprint density at radius 2 is 1.33 bits per heavy atom. The van der Waals surface area contributed by atoms with E-state index in [0.717, 1.165) is 12.2 Å². The largest absolute Gasteiger partial charge is 0.461 e. The van der Waals surface area contributed by atoms with E-state index in [1.54, 1.807) is 0 Å². The molecule has 100 valence electrons. The third-order valence-electron chi connectivity index (χ3n) is 1.70. The first-order chi connectivity index (χ1) is 8.60. The van der Waals surface area contributed by atoms with Gasteiger partial charge in [-0.2, -0.15) is 0 Å². The highest BCUT2D eigenvalue weighted by atomic mass is 16.5. The Hall–Kier alpha value is -2.24. The van der Waals surface area contributed by atoms with Crippen LogP contribution in [0.3, 0.4) is 0 Å². The van der Waals surface area contributed by atoms with Crippen LogP contribution in [0.1, 0.15) is 0 Å². The van der Waals surface area contributed by atoms with E-state index in [0.29, 0.717) is 18.9 Å². The maximum atomic E-state index is 10.7. The zero-order chi connectivity index (χ0) is 13.8. The van der Waals surface area contributed by atoms with Crippen molar-refractivity contribution in [2.45, 2.75) is 0 Å². The van der Waals surface area contributed by atoms with Gasteiger partial charge in [-0.05, 0) is 0 Å². The van der Waals surface area contributed by atoms with Gasteiger partial charge < -0.3 is 20.1 Å². The summed E-state index contributed by atoms with van der Waals surface area (Å²) >= 11 is 0. The van der Waals surface area contributed by atoms with E-state index in [9.17, 15) is 9.59 Å². The first kappa shape index (κ1) is 15.8. The lowest BCUT2D eigenvalue weighted by atomic mass is 10.6. The Bertz CT molecular complexity index is 296. The predicted molar refractivity (Wildman–Crippen MR) is 67.5 cm³/mol. The molecule has 0 aromatic heterocycles. The second-order valence-electron chi connectivity index (χ2n) is 3.08. The molecule has 0 unspecified atom stereocenters. The van der Waals surface area contributed by atoms with Crippen LogP contribution in [0.2, 0.25) is 0 Å². The van der Waals surface area contributed by atoms with Crippen LogP contribution >= 0.6 is 0 Å². The summed E-state index contributed by atoms with van der Waals surface area (Å²) in [5, 5.41) is 5.77. The van der Waals surface area contributed by atoms with Crippen molar-refractivity contribution in [3.8, 4) is 0 Å². The maximum Gasteiger partial charge on any atom is 0.330 e. The predicted octanol–water partition coefficient (Wildman–Crippen LogP) is 0.0952. The molecule has 0 spiro atoms. The fourth-order valence-electron chi connectivity index (χ4n) is 0.887. The fourth-order valence-corrected chi connectivity index (χ4v) is 0.887. The molecule has 2 N–H and O–H groups in total. The molecular weight excluding hydrogens is 236 g/mol. The van der Waals surface area contributed by atoms with Gasteiger partial charge in [-0.25, -0.2) is 9.59 Å². The molecule has 0 aliphatic rings. The Kier molecular flexibility index (Phi) is 8.71. The van der Waals surface area contributed by atoms with Gasteiger partial charge in [0.2, 0.25) is 0 Å². The number of rotatable bonds is 10. The Balaban J connectivity index is 3.43. The summed E-state index contributed by atoms with van der Waals surface area (Å²) in [4.78, 5) is 21.4. The molecule has 0 aliphatic carbocycles. The van der Waals surface area contributed by atoms with E-state index < -0.39 is 11.9 Å². The van der Waals surface area contributed by atoms with Gasteiger partial charge in [0.25, 0.3) is 0 Å². The number of hydrogen-bond donors (Lipinski definition) is 2. The van der Waals surface area contributed by atoms with Crippen molar-refractivity contribution < 1.29 is 19.1 Å². The number of carbonyl (C=O) groups excluding carboxylic acids is 2. The van der Waals surface area contributed by atoms with Crippen molar-refractivity contribution in [2.24, 2.45) is 0 Å². The summed E-state index contributed by atoms with van der Waals surface area (Å²) in [7, 11) is 0. The Morgan fingerprint density at radius 3 is 1.67 bits per heavy atom. The first-order valence-electron chi connectivity index (χ1n) is 5.35. The van der Waals surface area contributed by atoms with Gasteiger partial charge in [0, 0.05) is 12.2 Å². The van der Waals surface area contributed by atoms with E-state index in [4.69, 9.17) is 9.47 Å². The minimum atomic E-state index is -0.466. The Morgan fingerprint density at radius 1 is 0.944 bits per heavy atom. The van der Waals surface area contributed by atoms with Gasteiger partial charge in [-0.1, -0.05) is 19.7 Å². The van der Waals surface area contributed by atoms with Crippen molar-refractivity contribution in [1.29, 1.82) is 0 Å². The number of esters is 2. The van der Waals surface area contributed by atoms with Crippen LogP contribution in [0.5, 0.6) is 0 Å². The normalized spacial score (nSPS) is 8.89. The molecule has 0 aromatic carbocycles. The monoisotopic (exact) mass is 254 g/mol. The van der Waals surface area contributed by atoms with Crippen LogP contribution in [-0.2, 0) is 19.1 Å². The number of nitrogens with one attached hydrogen (secondary N) is 2. The smallest absolute Gasteiger partial charge is 0.330 e. The topological polar surface area (TPSA) is 76.7 Å². The van der Waals surface area contributed by atoms with Crippen LogP contribution in [0.15, 0.2) is 37.7 Å². The number of carbonyl (C=O) groups is 2. The van der Waals surface area contributed by atoms with Crippen LogP contribution in [0.4, 0.5) is 0 Å². The lowest BCUT2D eigenvalue weighted by molar-refractivity contribution is -0.138. The van der Waals surface area contributed by atoms with Crippen molar-refractivity contribution >= 4 is 11.9 Å². The van der Waals surface area contributed by atoms with E-state index in [2.05, 4.69) is 30.4 Å². The van der Waals surface area contributed by atoms with Crippen LogP contribution < -0.4 is 10.6 Å². The van der Waals surface area contributed by atoms with Gasteiger partial charge >= 0.3 is 11.9 Å². The molecule has 0 atom stereocenters. The average Bonchev–Trinajstić information content (AvgIpc) is 2.38. The maximum absolute atomic E-state index is 10.7. The zero-order valence-corrected chi connectivity index (χ0v) is 10.2. The molecule has 6 nitrogen and oxygen atoms in total. The second-order valence-corrected chi connectivity index (χ2v) is 3.08. The summed E-state index contributed by atoms with van der Waals surface area (Å²) in [6.45, 7) is 11.5. The number of ether oxygens (including phenoxy) is 2. The standard InChI is InChI=1S/C12H18N2O4/c1-4-11(15)17-8-6-13-10(3)14-7-9-18-12(16)5-2/h4-5,13-14H,1-3,6-9H2. The van der Waals surface area contributed by atoms with Crippen LogP contribution in [-0.4, -0.2) is 38.2 Å². The molecule has 0 radical (unpaired) electrons. The summed E-state index contributed by atoms with van der Waals surface area (Å²) in [5.41, 5.74) is 0. The van der Waals surface area contributed by atoms with Crippen LogP contribution in [0, 0.1) is 0 Å². The molecule has 0 fully saturated rings. The second kappa shape index (κ2) is 9.95. The molecule has 0 aliphatic heterocycles. The van der Waals surface area contributed by atoms with Gasteiger partial charge in [0.05, 0.1) is 18.9 Å². The summed E-state index contributed by atoms with van der Waals surface area (Å²) in [6, 6.07) is 0. The third kappa shape index (κ3) is 9.02. The van der Waals surface area contributed by atoms with E-state index in [1.165, 1.54) is 0 Å². The molecule has 0 amide bonds. The molecule has 18 heavy (non-hydrogen) atoms. The molecular formula is C12H18N2O4. The summed E-state index contributed by atoms with van der Waals surface area (Å²) in [5.74, 6) is -0.377. The SMILES string of the molecule is C=CC(=O)OCCNC(=C)NCCOC(=O)C=C. The third-order valence-corrected chi connectivity index (χ3v) is 1.70. The highest BCUT2D eigenvalue weighted by molar-refractivity contribution is 5.81. The lowest BCUT2D eigenvalue weighted by Crippen LogP contribution is -2.31. The van der Waals surface area contributed by atoms with Crippen molar-refractivity contribution in [2.75, 3.05) is 26.3 Å². The molecule has 0 heterocycles. The van der Waals surface area contributed by atoms with E-state index in [-0.39, 0.29) is 13.2 Å².